The zero-order chi connectivity index (χ0) is 26.7. The lowest BCUT2D eigenvalue weighted by molar-refractivity contribution is -0.156. The number of carbonyl (C=O) groups excluding carboxylic acids is 2. The maximum Gasteiger partial charge on any atom is 0.307 e. The van der Waals surface area contributed by atoms with Crippen molar-refractivity contribution in [2.45, 2.75) is 83.7 Å². The molecule has 1 aliphatic rings. The topological polar surface area (TPSA) is 95.1 Å². The predicted octanol–water partition coefficient (Wildman–Crippen LogP) is 3.73. The third kappa shape index (κ3) is 9.23. The van der Waals surface area contributed by atoms with Crippen LogP contribution in [0.2, 0.25) is 0 Å². The van der Waals surface area contributed by atoms with Gasteiger partial charge in [0.1, 0.15) is 12.2 Å². The van der Waals surface area contributed by atoms with Crippen molar-refractivity contribution < 1.29 is 28.5 Å². The summed E-state index contributed by atoms with van der Waals surface area (Å²) < 4.78 is 23.3. The van der Waals surface area contributed by atoms with Gasteiger partial charge in [0, 0.05) is 25.2 Å². The molecule has 2 aromatic carbocycles. The van der Waals surface area contributed by atoms with E-state index < -0.39 is 30.1 Å². The Morgan fingerprint density at radius 2 is 1.14 bits per heavy atom. The van der Waals surface area contributed by atoms with Gasteiger partial charge in [-0.05, 0) is 38.8 Å². The minimum absolute atomic E-state index is 0.103. The van der Waals surface area contributed by atoms with E-state index in [2.05, 4.69) is 10.6 Å². The molecule has 1 fully saturated rings. The lowest BCUT2D eigenvalue weighted by Gasteiger charge is -2.32. The van der Waals surface area contributed by atoms with Gasteiger partial charge in [0.05, 0.1) is 26.1 Å². The van der Waals surface area contributed by atoms with E-state index >= 15 is 0 Å². The highest BCUT2D eigenvalue weighted by Crippen LogP contribution is 2.34. The fourth-order valence-electron chi connectivity index (χ4n) is 4.54. The summed E-state index contributed by atoms with van der Waals surface area (Å²) in [7, 11) is 0. The van der Waals surface area contributed by atoms with Crippen molar-refractivity contribution in [2.24, 2.45) is 0 Å². The summed E-state index contributed by atoms with van der Waals surface area (Å²) >= 11 is 0. The molecule has 2 aromatic rings. The van der Waals surface area contributed by atoms with Crippen molar-refractivity contribution in [1.29, 1.82) is 0 Å². The number of hydrogen-bond donors (Lipinski definition) is 2. The van der Waals surface area contributed by atoms with E-state index in [1.54, 1.807) is 13.8 Å². The molecule has 37 heavy (non-hydrogen) atoms. The van der Waals surface area contributed by atoms with E-state index in [0.717, 1.165) is 11.1 Å². The molecule has 2 N–H and O–H groups in total. The number of hydrogen-bond acceptors (Lipinski definition) is 8. The van der Waals surface area contributed by atoms with Crippen LogP contribution in [-0.2, 0) is 41.6 Å². The maximum absolute atomic E-state index is 12.6. The van der Waals surface area contributed by atoms with Crippen molar-refractivity contribution in [2.75, 3.05) is 13.2 Å². The van der Waals surface area contributed by atoms with Crippen LogP contribution in [0.3, 0.4) is 0 Å². The van der Waals surface area contributed by atoms with Crippen LogP contribution >= 0.6 is 0 Å². The first-order valence-electron chi connectivity index (χ1n) is 13.0. The summed E-state index contributed by atoms with van der Waals surface area (Å²) in [6.45, 7) is 8.93. The zero-order valence-electron chi connectivity index (χ0n) is 22.3. The average molecular weight is 513 g/mol. The van der Waals surface area contributed by atoms with Crippen molar-refractivity contribution in [3.63, 3.8) is 0 Å². The van der Waals surface area contributed by atoms with E-state index in [4.69, 9.17) is 18.9 Å². The highest BCUT2D eigenvalue weighted by atomic mass is 16.8. The fraction of sp³-hybridized carbons (Fsp3) is 0.517. The fourth-order valence-corrected chi connectivity index (χ4v) is 4.54. The van der Waals surface area contributed by atoms with Gasteiger partial charge in [0.25, 0.3) is 0 Å². The standard InChI is InChI=1S/C29H40N2O6/c1-5-34-25(32)17-23(30-19-21-13-9-7-10-14-21)27-28(37-29(3,4)36-27)24(18-26(33)35-6-2)31-20-22-15-11-8-12-16-22/h7-16,23-24,27-28,30-31H,5-6,17-20H2,1-4H3/t23-,24-,27+,28+/m1/s1. The van der Waals surface area contributed by atoms with E-state index in [9.17, 15) is 9.59 Å². The van der Waals surface area contributed by atoms with Crippen molar-refractivity contribution in [3.05, 3.63) is 71.8 Å². The molecular formula is C29H40N2O6. The highest BCUT2D eigenvalue weighted by molar-refractivity contribution is 5.71. The first-order valence-corrected chi connectivity index (χ1v) is 13.0. The summed E-state index contributed by atoms with van der Waals surface area (Å²) in [6.07, 6.45) is -0.838. The molecular weight excluding hydrogens is 472 g/mol. The average Bonchev–Trinajstić information content (AvgIpc) is 3.21. The molecule has 1 aliphatic heterocycles. The van der Waals surface area contributed by atoms with Gasteiger partial charge in [-0.3, -0.25) is 9.59 Å². The second-order valence-electron chi connectivity index (χ2n) is 9.53. The highest BCUT2D eigenvalue weighted by Gasteiger charge is 2.49. The summed E-state index contributed by atoms with van der Waals surface area (Å²) in [6, 6.07) is 19.1. The number of carbonyl (C=O) groups is 2. The summed E-state index contributed by atoms with van der Waals surface area (Å²) in [5, 5.41) is 6.98. The molecule has 0 radical (unpaired) electrons. The van der Waals surface area contributed by atoms with Crippen LogP contribution in [0.1, 0.15) is 51.7 Å². The van der Waals surface area contributed by atoms with E-state index in [1.807, 2.05) is 74.5 Å². The van der Waals surface area contributed by atoms with Gasteiger partial charge in [-0.2, -0.15) is 0 Å². The molecule has 3 rings (SSSR count). The normalized spacial score (nSPS) is 20.2. The molecule has 0 bridgehead atoms. The van der Waals surface area contributed by atoms with Gasteiger partial charge in [-0.25, -0.2) is 0 Å². The molecule has 0 unspecified atom stereocenters. The zero-order valence-corrected chi connectivity index (χ0v) is 22.3. The van der Waals surface area contributed by atoms with Crippen molar-refractivity contribution in [3.8, 4) is 0 Å². The molecule has 8 nitrogen and oxygen atoms in total. The predicted molar refractivity (Wildman–Crippen MR) is 140 cm³/mol. The number of esters is 2. The van der Waals surface area contributed by atoms with E-state index in [-0.39, 0.29) is 24.8 Å². The minimum atomic E-state index is -0.905. The SMILES string of the molecule is CCOC(=O)C[C@@H](NCc1ccccc1)[C@@H]1OC(C)(C)O[C@H]1[C@@H](CC(=O)OCC)NCc1ccccc1. The largest absolute Gasteiger partial charge is 0.466 e. The smallest absolute Gasteiger partial charge is 0.307 e. The van der Waals surface area contributed by atoms with Crippen LogP contribution in [0.25, 0.3) is 0 Å². The van der Waals surface area contributed by atoms with Crippen molar-refractivity contribution >= 4 is 11.9 Å². The Balaban J connectivity index is 1.85. The summed E-state index contributed by atoms with van der Waals surface area (Å²) in [5.74, 6) is -1.54. The molecule has 202 valence electrons. The Labute approximate surface area is 220 Å². The second-order valence-corrected chi connectivity index (χ2v) is 9.53. The van der Waals surface area contributed by atoms with Crippen LogP contribution in [0.5, 0.6) is 0 Å². The lowest BCUT2D eigenvalue weighted by Crippen LogP contribution is -2.53. The van der Waals surface area contributed by atoms with Gasteiger partial charge in [-0.15, -0.1) is 0 Å². The molecule has 0 amide bonds. The quantitative estimate of drug-likeness (QED) is 0.370. The van der Waals surface area contributed by atoms with Crippen LogP contribution < -0.4 is 10.6 Å². The minimum Gasteiger partial charge on any atom is -0.466 e. The van der Waals surface area contributed by atoms with Gasteiger partial charge < -0.3 is 29.6 Å². The maximum atomic E-state index is 12.6. The van der Waals surface area contributed by atoms with Gasteiger partial charge in [0.15, 0.2) is 5.79 Å². The number of benzene rings is 2. The Bertz CT molecular complexity index is 891. The second kappa shape index (κ2) is 14.2. The van der Waals surface area contributed by atoms with Gasteiger partial charge in [-0.1, -0.05) is 60.7 Å². The Kier molecular flexibility index (Phi) is 11.1. The molecule has 1 heterocycles. The molecule has 0 saturated carbocycles. The summed E-state index contributed by atoms with van der Waals surface area (Å²) in [5.41, 5.74) is 2.16. The first kappa shape index (κ1) is 28.8. The lowest BCUT2D eigenvalue weighted by atomic mass is 9.94. The van der Waals surface area contributed by atoms with E-state index in [0.29, 0.717) is 26.3 Å². The third-order valence-corrected chi connectivity index (χ3v) is 6.16. The Morgan fingerprint density at radius 3 is 1.49 bits per heavy atom. The van der Waals surface area contributed by atoms with E-state index in [1.165, 1.54) is 0 Å². The molecule has 0 spiro atoms. The first-order chi connectivity index (χ1) is 17.8. The van der Waals surface area contributed by atoms with Crippen LogP contribution in [0, 0.1) is 0 Å². The van der Waals surface area contributed by atoms with Gasteiger partial charge >= 0.3 is 11.9 Å². The number of nitrogens with one attached hydrogen (secondary N) is 2. The molecule has 0 aliphatic carbocycles. The Hall–Kier alpha value is -2.78. The molecule has 0 aromatic heterocycles. The third-order valence-electron chi connectivity index (χ3n) is 6.16. The number of ether oxygens (including phenoxy) is 4. The van der Waals surface area contributed by atoms with Crippen LogP contribution in [0.15, 0.2) is 60.7 Å². The Morgan fingerprint density at radius 1 is 0.757 bits per heavy atom. The van der Waals surface area contributed by atoms with Crippen molar-refractivity contribution in [1.82, 2.24) is 10.6 Å². The monoisotopic (exact) mass is 512 g/mol. The van der Waals surface area contributed by atoms with Crippen LogP contribution in [-0.4, -0.2) is 55.2 Å². The molecule has 1 saturated heterocycles. The van der Waals surface area contributed by atoms with Crippen LogP contribution in [0.4, 0.5) is 0 Å². The summed E-state index contributed by atoms with van der Waals surface area (Å²) in [4.78, 5) is 25.2. The molecule has 4 atom stereocenters. The van der Waals surface area contributed by atoms with Gasteiger partial charge in [0.2, 0.25) is 0 Å². The number of rotatable bonds is 14. The molecule has 8 heteroatoms.